The summed E-state index contributed by atoms with van der Waals surface area (Å²) in [5.41, 5.74) is 2.02. The molecular weight excluding hydrogens is 424 g/mol. The number of hydrogen-bond donors (Lipinski definition) is 1. The largest absolute Gasteiger partial charge is 0.469 e. The Balaban J connectivity index is 2.68. The van der Waals surface area contributed by atoms with E-state index in [4.69, 9.17) is 4.74 Å². The third-order valence-electron chi connectivity index (χ3n) is 5.62. The summed E-state index contributed by atoms with van der Waals surface area (Å²) in [6.45, 7) is 10.6. The van der Waals surface area contributed by atoms with Gasteiger partial charge in [-0.2, -0.15) is 0 Å². The fourth-order valence-corrected chi connectivity index (χ4v) is 8.96. The van der Waals surface area contributed by atoms with Crippen molar-refractivity contribution in [3.63, 3.8) is 0 Å². The van der Waals surface area contributed by atoms with Crippen molar-refractivity contribution in [3.8, 4) is 0 Å². The Morgan fingerprint density at radius 3 is 2.13 bits per heavy atom. The zero-order valence-electron chi connectivity index (χ0n) is 19.5. The molecule has 0 aliphatic heterocycles. The summed E-state index contributed by atoms with van der Waals surface area (Å²) in [4.78, 5) is 13.7. The van der Waals surface area contributed by atoms with E-state index in [0.717, 1.165) is 22.1 Å². The van der Waals surface area contributed by atoms with Gasteiger partial charge in [-0.05, 0) is 37.1 Å². The van der Waals surface area contributed by atoms with Crippen LogP contribution in [0.5, 0.6) is 0 Å². The number of rotatable bonds is 10. The molecule has 1 N–H and O–H groups in total. The Kier molecular flexibility index (Phi) is 9.22. The molecule has 0 amide bonds. The molecule has 2 aromatic rings. The average Bonchev–Trinajstić information content (AvgIpc) is 2.75. The summed E-state index contributed by atoms with van der Waals surface area (Å²) in [7, 11) is -1.68. The first kappa shape index (κ1) is 25.5. The highest BCUT2D eigenvalue weighted by atomic mass is 32.2. The lowest BCUT2D eigenvalue weighted by atomic mass is 9.79. The summed E-state index contributed by atoms with van der Waals surface area (Å²) in [6.07, 6.45) is -0.461. The van der Waals surface area contributed by atoms with Crippen LogP contribution in [-0.2, 0) is 20.3 Å². The molecular formula is C25H36O4SSi. The van der Waals surface area contributed by atoms with Gasteiger partial charge in [-0.3, -0.25) is 9.00 Å². The van der Waals surface area contributed by atoms with Gasteiger partial charge < -0.3 is 9.84 Å². The van der Waals surface area contributed by atoms with Crippen molar-refractivity contribution in [2.24, 2.45) is 5.92 Å². The van der Waals surface area contributed by atoms with Crippen molar-refractivity contribution >= 4 is 24.8 Å². The van der Waals surface area contributed by atoms with E-state index in [2.05, 4.69) is 19.6 Å². The van der Waals surface area contributed by atoms with Gasteiger partial charge in [-0.1, -0.05) is 74.6 Å². The van der Waals surface area contributed by atoms with Gasteiger partial charge in [-0.15, -0.1) is 0 Å². The normalized spacial score (nSPS) is 16.7. The molecule has 0 saturated heterocycles. The smallest absolute Gasteiger partial charge is 0.311 e. The molecule has 4 nitrogen and oxygen atoms in total. The lowest BCUT2D eigenvalue weighted by Gasteiger charge is -2.37. The number of ether oxygens (including phenoxy) is 1. The van der Waals surface area contributed by atoms with Crippen molar-refractivity contribution < 1.29 is 18.8 Å². The van der Waals surface area contributed by atoms with Gasteiger partial charge >= 0.3 is 5.97 Å². The number of aryl methyl sites for hydroxylation is 1. The van der Waals surface area contributed by atoms with E-state index in [1.165, 1.54) is 7.11 Å². The summed E-state index contributed by atoms with van der Waals surface area (Å²) >= 11 is 0. The minimum Gasteiger partial charge on any atom is -0.469 e. The molecule has 0 heterocycles. The van der Waals surface area contributed by atoms with Crippen LogP contribution in [-0.4, -0.2) is 41.8 Å². The van der Waals surface area contributed by atoms with Crippen molar-refractivity contribution in [3.05, 3.63) is 65.7 Å². The van der Waals surface area contributed by atoms with E-state index in [9.17, 15) is 14.1 Å². The van der Waals surface area contributed by atoms with Gasteiger partial charge in [0.1, 0.15) is 0 Å². The topological polar surface area (TPSA) is 63.6 Å². The number of carbonyl (C=O) groups excluding carboxylic acids is 1. The maximum Gasteiger partial charge on any atom is 0.311 e. The molecule has 0 bridgehead atoms. The van der Waals surface area contributed by atoms with Crippen LogP contribution in [0.1, 0.15) is 30.4 Å². The molecule has 6 heteroatoms. The molecule has 0 saturated carbocycles. The van der Waals surface area contributed by atoms with Gasteiger partial charge in [0.25, 0.3) is 0 Å². The van der Waals surface area contributed by atoms with Crippen LogP contribution in [0.15, 0.2) is 59.5 Å². The molecule has 170 valence electrons. The van der Waals surface area contributed by atoms with Gasteiger partial charge in [0, 0.05) is 24.1 Å². The Morgan fingerprint density at radius 2 is 1.65 bits per heavy atom. The number of hydrogen-bond acceptors (Lipinski definition) is 4. The zero-order valence-corrected chi connectivity index (χ0v) is 21.3. The van der Waals surface area contributed by atoms with Gasteiger partial charge in [0.15, 0.2) is 0 Å². The molecule has 0 radical (unpaired) electrons. The second-order valence-corrected chi connectivity index (χ2v) is 16.6. The number of methoxy groups -OCH3 is 1. The molecule has 0 aliphatic rings. The SMILES string of the molecule is CCC(O)[C@H](C(=O)OC)[C@H](c1ccccc1)[C@H](C[Si](C)(C)C)S(=O)c1ccc(C)cc1. The lowest BCUT2D eigenvalue weighted by molar-refractivity contribution is -0.150. The highest BCUT2D eigenvalue weighted by molar-refractivity contribution is 7.85. The van der Waals surface area contributed by atoms with Crippen LogP contribution >= 0.6 is 0 Å². The number of benzene rings is 2. The lowest BCUT2D eigenvalue weighted by Crippen LogP contribution is -2.43. The number of aliphatic hydroxyl groups excluding tert-OH is 1. The molecule has 2 aromatic carbocycles. The molecule has 2 unspecified atom stereocenters. The summed E-state index contributed by atoms with van der Waals surface area (Å²) in [6, 6.07) is 18.2. The average molecular weight is 461 g/mol. The minimum absolute atomic E-state index is 0.318. The van der Waals surface area contributed by atoms with Gasteiger partial charge in [0.05, 0.1) is 29.9 Å². The molecule has 31 heavy (non-hydrogen) atoms. The second-order valence-electron chi connectivity index (χ2n) is 9.37. The predicted molar refractivity (Wildman–Crippen MR) is 131 cm³/mol. The van der Waals surface area contributed by atoms with Gasteiger partial charge in [-0.25, -0.2) is 0 Å². The van der Waals surface area contributed by atoms with Crippen molar-refractivity contribution in [2.75, 3.05) is 7.11 Å². The van der Waals surface area contributed by atoms with E-state index in [0.29, 0.717) is 6.42 Å². The monoisotopic (exact) mass is 460 g/mol. The van der Waals surface area contributed by atoms with Crippen LogP contribution in [0.25, 0.3) is 0 Å². The first-order chi connectivity index (χ1) is 14.6. The van der Waals surface area contributed by atoms with Crippen molar-refractivity contribution in [1.29, 1.82) is 0 Å². The van der Waals surface area contributed by atoms with E-state index in [1.54, 1.807) is 0 Å². The zero-order chi connectivity index (χ0) is 23.2. The third kappa shape index (κ3) is 6.86. The fraction of sp³-hybridized carbons (Fsp3) is 0.480. The number of carbonyl (C=O) groups is 1. The molecule has 0 aliphatic carbocycles. The standard InChI is InChI=1S/C25H36O4SSi/c1-7-21(26)24(25(27)29-3)23(19-11-9-8-10-12-19)22(17-31(4,5)6)30(28)20-15-13-18(2)14-16-20/h8-16,21-24,26H,7,17H2,1-6H3/t21?,22-,23+,24-,30?/m0/s1. The Morgan fingerprint density at radius 1 is 1.06 bits per heavy atom. The van der Waals surface area contributed by atoms with Crippen LogP contribution in [0.4, 0.5) is 0 Å². The van der Waals surface area contributed by atoms with Crippen molar-refractivity contribution in [1.82, 2.24) is 0 Å². The van der Waals surface area contributed by atoms with Crippen molar-refractivity contribution in [2.45, 2.75) is 68.1 Å². The van der Waals surface area contributed by atoms with Crippen LogP contribution in [0.2, 0.25) is 25.7 Å². The summed E-state index contributed by atoms with van der Waals surface area (Å²) < 4.78 is 19.1. The Bertz CT molecular complexity index is 861. The Labute approximate surface area is 190 Å². The van der Waals surface area contributed by atoms with E-state index < -0.39 is 42.8 Å². The van der Waals surface area contributed by atoms with Crippen LogP contribution < -0.4 is 0 Å². The van der Waals surface area contributed by atoms with E-state index in [1.807, 2.05) is 68.4 Å². The second kappa shape index (κ2) is 11.2. The van der Waals surface area contributed by atoms with Gasteiger partial charge in [0.2, 0.25) is 0 Å². The third-order valence-corrected chi connectivity index (χ3v) is 9.33. The van der Waals surface area contributed by atoms with E-state index in [-0.39, 0.29) is 5.25 Å². The summed E-state index contributed by atoms with van der Waals surface area (Å²) in [5.74, 6) is -1.66. The molecule has 0 fully saturated rings. The molecule has 5 atom stereocenters. The Hall–Kier alpha value is -1.76. The highest BCUT2D eigenvalue weighted by Gasteiger charge is 2.44. The first-order valence-electron chi connectivity index (χ1n) is 10.9. The quantitative estimate of drug-likeness (QED) is 0.393. The fourth-order valence-electron chi connectivity index (χ4n) is 4.05. The molecule has 2 rings (SSSR count). The predicted octanol–water partition coefficient (Wildman–Crippen LogP) is 5.15. The van der Waals surface area contributed by atoms with Crippen LogP contribution in [0.3, 0.4) is 0 Å². The molecule has 0 spiro atoms. The highest BCUT2D eigenvalue weighted by Crippen LogP contribution is 2.40. The maximum atomic E-state index is 14.0. The first-order valence-corrected chi connectivity index (χ1v) is 15.8. The van der Waals surface area contributed by atoms with Crippen LogP contribution in [0, 0.1) is 12.8 Å². The minimum atomic E-state index is -1.69. The number of aliphatic hydroxyl groups is 1. The maximum absolute atomic E-state index is 14.0. The number of esters is 1. The van der Waals surface area contributed by atoms with E-state index >= 15 is 0 Å². The summed E-state index contributed by atoms with van der Waals surface area (Å²) in [5, 5.41) is 10.6. The molecule has 0 aromatic heterocycles.